The van der Waals surface area contributed by atoms with Gasteiger partial charge in [0, 0.05) is 27.3 Å². The Morgan fingerprint density at radius 2 is 1.68 bits per heavy atom. The largest absolute Gasteiger partial charge is 0.496 e. The highest BCUT2D eigenvalue weighted by Gasteiger charge is 2.48. The Balaban J connectivity index is 1.36. The molecule has 6 rings (SSSR count). The van der Waals surface area contributed by atoms with E-state index in [9.17, 15) is 45.4 Å². The van der Waals surface area contributed by atoms with Crippen LogP contribution in [0.25, 0.3) is 10.1 Å². The van der Waals surface area contributed by atoms with E-state index in [1.54, 1.807) is 19.9 Å². The van der Waals surface area contributed by atoms with Gasteiger partial charge in [-0.25, -0.2) is 4.39 Å². The lowest BCUT2D eigenvalue weighted by Crippen LogP contribution is -2.29. The lowest BCUT2D eigenvalue weighted by Gasteiger charge is -2.25. The van der Waals surface area contributed by atoms with Crippen molar-refractivity contribution in [1.82, 2.24) is 0 Å². The number of benzene rings is 3. The van der Waals surface area contributed by atoms with E-state index in [2.05, 4.69) is 15.8 Å². The molecule has 1 saturated carbocycles. The molecule has 1 aliphatic carbocycles. The highest BCUT2D eigenvalue weighted by atomic mass is 32.1. The third-order valence-corrected chi connectivity index (χ3v) is 10.0. The third-order valence-electron chi connectivity index (χ3n) is 8.87. The van der Waals surface area contributed by atoms with E-state index in [0.717, 1.165) is 24.3 Å². The van der Waals surface area contributed by atoms with Crippen molar-refractivity contribution >= 4 is 50.3 Å². The monoisotopic (exact) mass is 723 g/mol. The molecule has 2 heterocycles. The van der Waals surface area contributed by atoms with Crippen LogP contribution in [-0.2, 0) is 17.2 Å². The number of carbonyl (C=O) groups is 2. The summed E-state index contributed by atoms with van der Waals surface area (Å²) in [6.07, 6.45) is -8.92. The second kappa shape index (κ2) is 12.6. The molecule has 1 aliphatic heterocycles. The van der Waals surface area contributed by atoms with Crippen molar-refractivity contribution in [2.24, 2.45) is 17.0 Å². The second-order valence-electron chi connectivity index (χ2n) is 12.6. The quantitative estimate of drug-likeness (QED) is 0.166. The molecular weight excluding hydrogens is 695 g/mol. The number of halogens is 7. The van der Waals surface area contributed by atoms with Gasteiger partial charge >= 0.3 is 12.4 Å². The number of aliphatic hydroxyl groups is 1. The normalized spacial score (nSPS) is 19.2. The van der Waals surface area contributed by atoms with Crippen LogP contribution in [0.1, 0.15) is 63.4 Å². The van der Waals surface area contributed by atoms with E-state index in [0.29, 0.717) is 47.6 Å². The zero-order valence-corrected chi connectivity index (χ0v) is 27.2. The number of nitrogens with one attached hydrogen (secondary N) is 2. The maximum atomic E-state index is 13.9. The summed E-state index contributed by atoms with van der Waals surface area (Å²) in [6, 6.07) is 9.08. The molecule has 50 heavy (non-hydrogen) atoms. The van der Waals surface area contributed by atoms with Crippen LogP contribution < -0.4 is 15.4 Å². The highest BCUT2D eigenvalue weighted by Crippen LogP contribution is 2.45. The van der Waals surface area contributed by atoms with Crippen molar-refractivity contribution in [2.75, 3.05) is 17.7 Å². The Bertz CT molecular complexity index is 2030. The Morgan fingerprint density at radius 1 is 0.940 bits per heavy atom. The molecule has 2 aliphatic rings. The molecule has 2 amide bonds. The van der Waals surface area contributed by atoms with E-state index in [4.69, 9.17) is 9.57 Å². The maximum Gasteiger partial charge on any atom is 0.419 e. The van der Waals surface area contributed by atoms with Crippen LogP contribution >= 0.6 is 11.3 Å². The number of amides is 2. The predicted octanol–water partition coefficient (Wildman–Crippen LogP) is 8.49. The SMILES string of the molecule is COc1ccc(C2=NOC3CC(C(C)(C)O)CC23)cc1C(=O)Nc1c(C(=O)Nc2ccc(F)c(C(F)(F)F)c2)sc2cc(C(F)(F)F)ccc12. The first-order valence-electron chi connectivity index (χ1n) is 15.1. The minimum Gasteiger partial charge on any atom is -0.496 e. The van der Waals surface area contributed by atoms with Gasteiger partial charge in [0.25, 0.3) is 11.8 Å². The smallest absolute Gasteiger partial charge is 0.419 e. The molecule has 0 radical (unpaired) electrons. The lowest BCUT2D eigenvalue weighted by molar-refractivity contribution is -0.140. The van der Waals surface area contributed by atoms with Crippen molar-refractivity contribution in [3.63, 3.8) is 0 Å². The average Bonchev–Trinajstić information content (AvgIpc) is 3.74. The molecule has 0 saturated heterocycles. The minimum atomic E-state index is -5.07. The zero-order chi connectivity index (χ0) is 36.3. The van der Waals surface area contributed by atoms with Gasteiger partial charge in [0.2, 0.25) is 0 Å². The second-order valence-corrected chi connectivity index (χ2v) is 13.6. The Kier molecular flexibility index (Phi) is 8.83. The molecule has 8 nitrogen and oxygen atoms in total. The number of rotatable bonds is 7. The van der Waals surface area contributed by atoms with Crippen LogP contribution in [-0.4, -0.2) is 41.4 Å². The van der Waals surface area contributed by atoms with Gasteiger partial charge in [-0.3, -0.25) is 9.59 Å². The van der Waals surface area contributed by atoms with Gasteiger partial charge in [0.1, 0.15) is 22.5 Å². The van der Waals surface area contributed by atoms with Crippen molar-refractivity contribution in [3.05, 3.63) is 87.5 Å². The first kappa shape index (κ1) is 35.1. The van der Waals surface area contributed by atoms with E-state index in [1.165, 1.54) is 19.2 Å². The summed E-state index contributed by atoms with van der Waals surface area (Å²) < 4.78 is 99.9. The van der Waals surface area contributed by atoms with Crippen LogP contribution in [0.4, 0.5) is 42.1 Å². The standard InChI is InChI=1S/C34H28F7N3O5S/c1-32(2,47)17-11-20-25(12-17)49-44-27(20)15-4-9-24(48-3)21(10-15)30(45)43-28-19-7-5-16(33(36,37)38)13-26(19)50-29(28)31(46)42-18-6-8-23(35)22(14-18)34(39,40)41/h4-10,13-14,17,20,25,47H,11-12H2,1-3H3,(H,42,46)(H,43,45). The predicted molar refractivity (Wildman–Crippen MR) is 171 cm³/mol. The van der Waals surface area contributed by atoms with Crippen molar-refractivity contribution in [1.29, 1.82) is 0 Å². The molecule has 264 valence electrons. The number of hydrogen-bond acceptors (Lipinski definition) is 7. The summed E-state index contributed by atoms with van der Waals surface area (Å²) >= 11 is 0.567. The van der Waals surface area contributed by atoms with Crippen molar-refractivity contribution < 1.29 is 55.0 Å². The van der Waals surface area contributed by atoms with Gasteiger partial charge in [0.05, 0.1) is 40.8 Å². The van der Waals surface area contributed by atoms with Gasteiger partial charge in [-0.15, -0.1) is 11.3 Å². The summed E-state index contributed by atoms with van der Waals surface area (Å²) in [5, 5.41) is 19.7. The zero-order valence-electron chi connectivity index (χ0n) is 26.4. The molecule has 3 unspecified atom stereocenters. The minimum absolute atomic E-state index is 0.0286. The van der Waals surface area contributed by atoms with Crippen molar-refractivity contribution in [2.45, 2.75) is 50.7 Å². The van der Waals surface area contributed by atoms with Crippen LogP contribution in [0, 0.1) is 17.7 Å². The Morgan fingerprint density at radius 3 is 2.34 bits per heavy atom. The van der Waals surface area contributed by atoms with Crippen molar-refractivity contribution in [3.8, 4) is 5.75 Å². The first-order valence-corrected chi connectivity index (χ1v) is 15.9. The number of oxime groups is 1. The van der Waals surface area contributed by atoms with E-state index in [-0.39, 0.29) is 49.9 Å². The first-order chi connectivity index (χ1) is 23.3. The van der Waals surface area contributed by atoms with Crippen LogP contribution in [0.3, 0.4) is 0 Å². The average molecular weight is 724 g/mol. The van der Waals surface area contributed by atoms with Gasteiger partial charge < -0.3 is 25.3 Å². The summed E-state index contributed by atoms with van der Waals surface area (Å²) in [6.45, 7) is 3.44. The molecule has 0 bridgehead atoms. The lowest BCUT2D eigenvalue weighted by atomic mass is 9.87. The molecular formula is C34H28F7N3O5S. The number of anilines is 2. The number of fused-ring (bicyclic) bond motifs is 2. The van der Waals surface area contributed by atoms with Gasteiger partial charge in [-0.05, 0) is 81.1 Å². The number of thiophene rings is 1. The summed E-state index contributed by atoms with van der Waals surface area (Å²) in [5.74, 6) is -3.58. The highest BCUT2D eigenvalue weighted by molar-refractivity contribution is 7.21. The molecule has 3 aromatic carbocycles. The summed E-state index contributed by atoms with van der Waals surface area (Å²) in [4.78, 5) is 32.7. The Hall–Kier alpha value is -4.70. The summed E-state index contributed by atoms with van der Waals surface area (Å²) in [5.41, 5.74) is -3.24. The van der Waals surface area contributed by atoms with E-state index in [1.807, 2.05) is 0 Å². The van der Waals surface area contributed by atoms with E-state index >= 15 is 0 Å². The number of nitrogens with zero attached hydrogens (tertiary/aromatic N) is 1. The number of methoxy groups -OCH3 is 1. The van der Waals surface area contributed by atoms with Crippen LogP contribution in [0.2, 0.25) is 0 Å². The fraction of sp³-hybridized carbons (Fsp3) is 0.324. The number of alkyl halides is 6. The van der Waals surface area contributed by atoms with Gasteiger partial charge in [0.15, 0.2) is 0 Å². The molecule has 1 aromatic heterocycles. The molecule has 0 spiro atoms. The Labute approximate surface area is 283 Å². The fourth-order valence-electron chi connectivity index (χ4n) is 6.23. The van der Waals surface area contributed by atoms with Crippen LogP contribution in [0.15, 0.2) is 59.8 Å². The van der Waals surface area contributed by atoms with Gasteiger partial charge in [-0.2, -0.15) is 26.3 Å². The topological polar surface area (TPSA) is 109 Å². The van der Waals surface area contributed by atoms with Crippen LogP contribution in [0.5, 0.6) is 5.75 Å². The molecule has 4 aromatic rings. The molecule has 16 heteroatoms. The van der Waals surface area contributed by atoms with Gasteiger partial charge in [-0.1, -0.05) is 11.2 Å². The molecule has 3 atom stereocenters. The molecule has 1 fully saturated rings. The number of carbonyl (C=O) groups excluding carboxylic acids is 2. The number of ether oxygens (including phenoxy) is 1. The maximum absolute atomic E-state index is 13.9. The number of hydrogen-bond donors (Lipinski definition) is 3. The van der Waals surface area contributed by atoms with E-state index < -0.39 is 52.4 Å². The third kappa shape index (κ3) is 6.73. The summed E-state index contributed by atoms with van der Waals surface area (Å²) in [7, 11) is 1.32. The molecule has 3 N–H and O–H groups in total. The fourth-order valence-corrected chi connectivity index (χ4v) is 7.32.